The van der Waals surface area contributed by atoms with E-state index in [1.165, 1.54) is 14.0 Å². The van der Waals surface area contributed by atoms with Crippen LogP contribution in [0.25, 0.3) is 11.0 Å². The Labute approximate surface area is 168 Å². The van der Waals surface area contributed by atoms with E-state index in [1.807, 2.05) is 18.2 Å². The van der Waals surface area contributed by atoms with Crippen molar-refractivity contribution in [3.63, 3.8) is 0 Å². The van der Waals surface area contributed by atoms with Crippen LogP contribution in [0.15, 0.2) is 53.3 Å². The predicted octanol–water partition coefficient (Wildman–Crippen LogP) is 1.84. The topological polar surface area (TPSA) is 85.6 Å². The van der Waals surface area contributed by atoms with Crippen LogP contribution in [0.1, 0.15) is 6.92 Å². The minimum atomic E-state index is -0.321. The van der Waals surface area contributed by atoms with Crippen LogP contribution in [0.5, 0.6) is 5.75 Å². The summed E-state index contributed by atoms with van der Waals surface area (Å²) in [5.74, 6) is 0.00650. The van der Waals surface area contributed by atoms with Gasteiger partial charge in [-0.3, -0.25) is 18.7 Å². The maximum Gasteiger partial charge on any atom is 0.329 e. The SMILES string of the molecule is CCN(CC(=O)Nc1cccc(OC)c1)C(=O)Cn1c(=O)n(C)c2ccccc21. The number of nitrogens with zero attached hydrogens (tertiary/aromatic N) is 3. The fraction of sp³-hybridized carbons (Fsp3) is 0.286. The zero-order valence-electron chi connectivity index (χ0n) is 16.7. The summed E-state index contributed by atoms with van der Waals surface area (Å²) < 4.78 is 8.08. The highest BCUT2D eigenvalue weighted by Gasteiger charge is 2.19. The Morgan fingerprint density at radius 2 is 1.83 bits per heavy atom. The van der Waals surface area contributed by atoms with Crippen LogP contribution in [-0.4, -0.2) is 46.0 Å². The van der Waals surface area contributed by atoms with E-state index in [4.69, 9.17) is 4.74 Å². The number of nitrogens with one attached hydrogen (secondary N) is 1. The number of para-hydroxylation sites is 2. The van der Waals surface area contributed by atoms with Crippen molar-refractivity contribution in [2.45, 2.75) is 13.5 Å². The first-order valence-corrected chi connectivity index (χ1v) is 9.30. The lowest BCUT2D eigenvalue weighted by Crippen LogP contribution is -2.41. The van der Waals surface area contributed by atoms with Gasteiger partial charge in [0.05, 0.1) is 24.7 Å². The van der Waals surface area contributed by atoms with Crippen molar-refractivity contribution in [1.29, 1.82) is 0 Å². The van der Waals surface area contributed by atoms with E-state index in [0.29, 0.717) is 23.5 Å². The third-order valence-electron chi connectivity index (χ3n) is 4.77. The normalized spacial score (nSPS) is 10.7. The van der Waals surface area contributed by atoms with Crippen molar-refractivity contribution in [3.8, 4) is 5.75 Å². The monoisotopic (exact) mass is 396 g/mol. The van der Waals surface area contributed by atoms with Crippen LogP contribution < -0.4 is 15.7 Å². The molecule has 1 N–H and O–H groups in total. The van der Waals surface area contributed by atoms with E-state index in [0.717, 1.165) is 5.52 Å². The molecule has 0 saturated carbocycles. The van der Waals surface area contributed by atoms with Gasteiger partial charge in [0.15, 0.2) is 0 Å². The van der Waals surface area contributed by atoms with Crippen LogP contribution in [0, 0.1) is 0 Å². The summed E-state index contributed by atoms with van der Waals surface area (Å²) in [6.07, 6.45) is 0. The van der Waals surface area contributed by atoms with Crippen molar-refractivity contribution in [2.75, 3.05) is 25.5 Å². The molecule has 2 aromatic carbocycles. The quantitative estimate of drug-likeness (QED) is 0.660. The zero-order valence-corrected chi connectivity index (χ0v) is 16.7. The first kappa shape index (κ1) is 20.2. The number of anilines is 1. The average Bonchev–Trinajstić information content (AvgIpc) is 2.97. The van der Waals surface area contributed by atoms with Crippen molar-refractivity contribution < 1.29 is 14.3 Å². The average molecular weight is 396 g/mol. The Balaban J connectivity index is 1.72. The molecule has 3 rings (SSSR count). The van der Waals surface area contributed by atoms with E-state index in [-0.39, 0.29) is 30.6 Å². The molecule has 8 nitrogen and oxygen atoms in total. The Bertz CT molecular complexity index is 1100. The number of rotatable bonds is 7. The maximum absolute atomic E-state index is 12.8. The Kier molecular flexibility index (Phi) is 6.01. The minimum Gasteiger partial charge on any atom is -0.497 e. The molecule has 0 aliphatic carbocycles. The highest BCUT2D eigenvalue weighted by molar-refractivity contribution is 5.94. The highest BCUT2D eigenvalue weighted by Crippen LogP contribution is 2.16. The molecule has 0 unspecified atom stereocenters. The number of imidazole rings is 1. The molecule has 152 valence electrons. The van der Waals surface area contributed by atoms with Crippen LogP contribution in [0.4, 0.5) is 5.69 Å². The Morgan fingerprint density at radius 3 is 2.52 bits per heavy atom. The molecular formula is C21H24N4O4. The molecule has 0 spiro atoms. The van der Waals surface area contributed by atoms with Crippen molar-refractivity contribution in [2.24, 2.45) is 7.05 Å². The van der Waals surface area contributed by atoms with Gasteiger partial charge in [-0.05, 0) is 31.2 Å². The van der Waals surface area contributed by atoms with Gasteiger partial charge >= 0.3 is 5.69 Å². The van der Waals surface area contributed by atoms with Crippen LogP contribution in [0.3, 0.4) is 0 Å². The lowest BCUT2D eigenvalue weighted by atomic mass is 10.3. The van der Waals surface area contributed by atoms with Gasteiger partial charge in [0, 0.05) is 25.3 Å². The van der Waals surface area contributed by atoms with Gasteiger partial charge in [0.2, 0.25) is 11.8 Å². The summed E-state index contributed by atoms with van der Waals surface area (Å²) in [6, 6.07) is 14.3. The molecule has 0 atom stereocenters. The smallest absolute Gasteiger partial charge is 0.329 e. The number of benzene rings is 2. The first-order chi connectivity index (χ1) is 13.9. The fourth-order valence-electron chi connectivity index (χ4n) is 3.20. The van der Waals surface area contributed by atoms with E-state index < -0.39 is 0 Å². The Hall–Kier alpha value is -3.55. The second kappa shape index (κ2) is 8.64. The van der Waals surface area contributed by atoms with Gasteiger partial charge in [-0.2, -0.15) is 0 Å². The summed E-state index contributed by atoms with van der Waals surface area (Å²) in [6.45, 7) is 1.92. The number of hydrogen-bond acceptors (Lipinski definition) is 4. The third kappa shape index (κ3) is 4.31. The van der Waals surface area contributed by atoms with E-state index in [9.17, 15) is 14.4 Å². The second-order valence-electron chi connectivity index (χ2n) is 6.60. The van der Waals surface area contributed by atoms with Crippen LogP contribution >= 0.6 is 0 Å². The van der Waals surface area contributed by atoms with Crippen molar-refractivity contribution in [3.05, 3.63) is 59.0 Å². The first-order valence-electron chi connectivity index (χ1n) is 9.30. The van der Waals surface area contributed by atoms with Gasteiger partial charge in [0.25, 0.3) is 0 Å². The zero-order chi connectivity index (χ0) is 21.0. The number of fused-ring (bicyclic) bond motifs is 1. The number of aromatic nitrogens is 2. The molecule has 0 radical (unpaired) electrons. The molecular weight excluding hydrogens is 372 g/mol. The number of carbonyl (C=O) groups is 2. The summed E-state index contributed by atoms with van der Waals surface area (Å²) in [5, 5.41) is 2.76. The maximum atomic E-state index is 12.8. The molecule has 1 aromatic heterocycles. The molecule has 0 saturated heterocycles. The lowest BCUT2D eigenvalue weighted by molar-refractivity contribution is -0.135. The fourth-order valence-corrected chi connectivity index (χ4v) is 3.20. The standard InChI is InChI=1S/C21H24N4O4/c1-4-24(13-19(26)22-15-8-7-9-16(12-15)29-3)20(27)14-25-18-11-6-5-10-17(18)23(2)21(25)28/h5-12H,4,13-14H2,1-3H3,(H,22,26). The summed E-state index contributed by atoms with van der Waals surface area (Å²) in [4.78, 5) is 39.1. The highest BCUT2D eigenvalue weighted by atomic mass is 16.5. The molecule has 0 bridgehead atoms. The number of ether oxygens (including phenoxy) is 1. The van der Waals surface area contributed by atoms with Gasteiger partial charge in [-0.15, -0.1) is 0 Å². The number of carbonyl (C=O) groups excluding carboxylic acids is 2. The lowest BCUT2D eigenvalue weighted by Gasteiger charge is -2.20. The summed E-state index contributed by atoms with van der Waals surface area (Å²) in [7, 11) is 3.22. The molecule has 8 heteroatoms. The largest absolute Gasteiger partial charge is 0.497 e. The number of hydrogen-bond donors (Lipinski definition) is 1. The van der Waals surface area contributed by atoms with Gasteiger partial charge in [0.1, 0.15) is 12.3 Å². The summed E-state index contributed by atoms with van der Waals surface area (Å²) >= 11 is 0. The van der Waals surface area contributed by atoms with Gasteiger partial charge < -0.3 is 15.0 Å². The van der Waals surface area contributed by atoms with E-state index >= 15 is 0 Å². The molecule has 29 heavy (non-hydrogen) atoms. The number of amides is 2. The minimum absolute atomic E-state index is 0.105. The van der Waals surface area contributed by atoms with Gasteiger partial charge in [-0.25, -0.2) is 4.79 Å². The van der Waals surface area contributed by atoms with Gasteiger partial charge in [-0.1, -0.05) is 18.2 Å². The second-order valence-corrected chi connectivity index (χ2v) is 6.60. The number of aryl methyl sites for hydroxylation is 1. The molecule has 2 amide bonds. The predicted molar refractivity (Wildman–Crippen MR) is 111 cm³/mol. The molecule has 3 aromatic rings. The molecule has 0 fully saturated rings. The van der Waals surface area contributed by atoms with E-state index in [1.54, 1.807) is 51.4 Å². The molecule has 1 heterocycles. The van der Waals surface area contributed by atoms with Crippen LogP contribution in [0.2, 0.25) is 0 Å². The number of methoxy groups -OCH3 is 1. The third-order valence-corrected chi connectivity index (χ3v) is 4.77. The number of likely N-dealkylation sites (N-methyl/N-ethyl adjacent to an activating group) is 1. The Morgan fingerprint density at radius 1 is 1.10 bits per heavy atom. The van der Waals surface area contributed by atoms with E-state index in [2.05, 4.69) is 5.32 Å². The molecule has 0 aliphatic rings. The van der Waals surface area contributed by atoms with Crippen molar-refractivity contribution in [1.82, 2.24) is 14.0 Å². The molecule has 0 aliphatic heterocycles. The summed E-state index contributed by atoms with van der Waals surface area (Å²) in [5.41, 5.74) is 1.76. The van der Waals surface area contributed by atoms with Crippen LogP contribution in [-0.2, 0) is 23.2 Å². The van der Waals surface area contributed by atoms with Crippen molar-refractivity contribution >= 4 is 28.5 Å².